The maximum atomic E-state index is 13.0. The van der Waals surface area contributed by atoms with Crippen LogP contribution in [0.2, 0.25) is 0 Å². The number of benzene rings is 1. The summed E-state index contributed by atoms with van der Waals surface area (Å²) in [5.41, 5.74) is 4.45. The largest absolute Gasteiger partial charge is 0.381 e. The van der Waals surface area contributed by atoms with Gasteiger partial charge in [-0.05, 0) is 68.6 Å². The van der Waals surface area contributed by atoms with Gasteiger partial charge in [0.05, 0.1) is 0 Å². The van der Waals surface area contributed by atoms with E-state index in [2.05, 4.69) is 26.0 Å². The highest BCUT2D eigenvalue weighted by molar-refractivity contribution is 6.15. The summed E-state index contributed by atoms with van der Waals surface area (Å²) < 4.78 is 5.41. The molecule has 1 aliphatic heterocycles. The first-order valence-corrected chi connectivity index (χ1v) is 9.75. The van der Waals surface area contributed by atoms with Crippen LogP contribution < -0.4 is 0 Å². The van der Waals surface area contributed by atoms with Crippen LogP contribution in [0.3, 0.4) is 0 Å². The standard InChI is InChI=1S/C22H30O3/c1-4-17-12-14(2)11-15(3)20(17)21-19(23)13-18(22(21)24)6-5-16-7-9-25-10-8-16/h11-12,16,18,21H,4-10,13H2,1-3H3. The quantitative estimate of drug-likeness (QED) is 0.749. The molecule has 0 N–H and O–H groups in total. The average Bonchev–Trinajstić information content (AvgIpc) is 2.87. The summed E-state index contributed by atoms with van der Waals surface area (Å²) in [7, 11) is 0. The van der Waals surface area contributed by atoms with Crippen molar-refractivity contribution >= 4 is 11.6 Å². The minimum atomic E-state index is -0.518. The molecule has 3 nitrogen and oxygen atoms in total. The van der Waals surface area contributed by atoms with Crippen LogP contribution in [0, 0.1) is 25.7 Å². The Labute approximate surface area is 151 Å². The summed E-state index contributed by atoms with van der Waals surface area (Å²) in [5, 5.41) is 0. The van der Waals surface area contributed by atoms with Crippen LogP contribution in [0.1, 0.15) is 67.2 Å². The third kappa shape index (κ3) is 3.87. The zero-order chi connectivity index (χ0) is 18.0. The molecule has 0 aromatic heterocycles. The molecule has 2 unspecified atom stereocenters. The van der Waals surface area contributed by atoms with Gasteiger partial charge in [-0.1, -0.05) is 24.6 Å². The van der Waals surface area contributed by atoms with E-state index in [1.54, 1.807) is 0 Å². The second kappa shape index (κ2) is 7.82. The van der Waals surface area contributed by atoms with Crippen LogP contribution in [-0.2, 0) is 20.7 Å². The number of Topliss-reactive ketones (excluding diaryl/α,β-unsaturated/α-hetero) is 2. The lowest BCUT2D eigenvalue weighted by molar-refractivity contribution is -0.124. The van der Waals surface area contributed by atoms with Crippen molar-refractivity contribution in [3.05, 3.63) is 34.4 Å². The molecule has 0 radical (unpaired) electrons. The number of ether oxygens (including phenoxy) is 1. The lowest BCUT2D eigenvalue weighted by Gasteiger charge is -2.23. The first-order valence-electron chi connectivity index (χ1n) is 9.75. The normalized spacial score (nSPS) is 24.9. The Kier molecular flexibility index (Phi) is 5.73. The van der Waals surface area contributed by atoms with E-state index in [1.807, 2.05) is 6.92 Å². The van der Waals surface area contributed by atoms with Crippen molar-refractivity contribution in [2.24, 2.45) is 11.8 Å². The highest BCUT2D eigenvalue weighted by atomic mass is 16.5. The number of ketones is 2. The van der Waals surface area contributed by atoms with Crippen LogP contribution in [0.4, 0.5) is 0 Å². The molecule has 1 aromatic carbocycles. The SMILES string of the molecule is CCc1cc(C)cc(C)c1C1C(=O)CC(CCC2CCOCC2)C1=O. The minimum Gasteiger partial charge on any atom is -0.381 e. The molecule has 2 atom stereocenters. The Bertz CT molecular complexity index is 655. The van der Waals surface area contributed by atoms with Crippen LogP contribution in [0.5, 0.6) is 0 Å². The fraction of sp³-hybridized carbons (Fsp3) is 0.636. The summed E-state index contributed by atoms with van der Waals surface area (Å²) >= 11 is 0. The van der Waals surface area contributed by atoms with E-state index in [9.17, 15) is 9.59 Å². The van der Waals surface area contributed by atoms with Crippen molar-refractivity contribution in [3.63, 3.8) is 0 Å². The monoisotopic (exact) mass is 342 g/mol. The van der Waals surface area contributed by atoms with Crippen molar-refractivity contribution in [2.45, 2.75) is 65.2 Å². The van der Waals surface area contributed by atoms with Crippen molar-refractivity contribution in [2.75, 3.05) is 13.2 Å². The van der Waals surface area contributed by atoms with Gasteiger partial charge in [-0.15, -0.1) is 0 Å². The Morgan fingerprint density at radius 3 is 2.48 bits per heavy atom. The van der Waals surface area contributed by atoms with Crippen LogP contribution >= 0.6 is 0 Å². The van der Waals surface area contributed by atoms with Gasteiger partial charge in [-0.2, -0.15) is 0 Å². The topological polar surface area (TPSA) is 43.4 Å². The maximum Gasteiger partial charge on any atom is 0.151 e. The van der Waals surface area contributed by atoms with E-state index in [0.29, 0.717) is 12.3 Å². The van der Waals surface area contributed by atoms with Gasteiger partial charge in [0.25, 0.3) is 0 Å². The Morgan fingerprint density at radius 1 is 1.08 bits per heavy atom. The number of hydrogen-bond acceptors (Lipinski definition) is 3. The maximum absolute atomic E-state index is 13.0. The molecule has 1 saturated heterocycles. The molecule has 3 rings (SSSR count). The molecule has 1 aromatic rings. The highest BCUT2D eigenvalue weighted by Gasteiger charge is 2.43. The van der Waals surface area contributed by atoms with E-state index in [1.165, 1.54) is 5.56 Å². The third-order valence-corrected chi connectivity index (χ3v) is 6.01. The van der Waals surface area contributed by atoms with Gasteiger partial charge < -0.3 is 4.74 Å². The minimum absolute atomic E-state index is 0.0780. The number of hydrogen-bond donors (Lipinski definition) is 0. The molecular weight excluding hydrogens is 312 g/mol. The zero-order valence-corrected chi connectivity index (χ0v) is 15.8. The van der Waals surface area contributed by atoms with E-state index in [4.69, 9.17) is 4.74 Å². The van der Waals surface area contributed by atoms with Gasteiger partial charge in [0.1, 0.15) is 11.7 Å². The average molecular weight is 342 g/mol. The molecule has 25 heavy (non-hydrogen) atoms. The first kappa shape index (κ1) is 18.3. The molecule has 1 saturated carbocycles. The smallest absolute Gasteiger partial charge is 0.151 e. The van der Waals surface area contributed by atoms with Crippen molar-refractivity contribution < 1.29 is 14.3 Å². The predicted octanol–water partition coefficient (Wildman–Crippen LogP) is 4.31. The molecule has 1 heterocycles. The number of carbonyl (C=O) groups is 2. The fourth-order valence-electron chi connectivity index (χ4n) is 4.65. The molecular formula is C22H30O3. The summed E-state index contributed by atoms with van der Waals surface area (Å²) in [4.78, 5) is 25.8. The van der Waals surface area contributed by atoms with Gasteiger partial charge in [0.15, 0.2) is 5.78 Å². The van der Waals surface area contributed by atoms with E-state index in [-0.39, 0.29) is 17.5 Å². The fourth-order valence-corrected chi connectivity index (χ4v) is 4.65. The summed E-state index contributed by atoms with van der Waals surface area (Å²) in [6, 6.07) is 4.24. The molecule has 0 amide bonds. The predicted molar refractivity (Wildman–Crippen MR) is 98.9 cm³/mol. The van der Waals surface area contributed by atoms with E-state index < -0.39 is 5.92 Å². The second-order valence-corrected chi connectivity index (χ2v) is 7.84. The molecule has 2 aliphatic rings. The van der Waals surface area contributed by atoms with Crippen molar-refractivity contribution in [1.29, 1.82) is 0 Å². The number of carbonyl (C=O) groups excluding carboxylic acids is 2. The molecule has 136 valence electrons. The van der Waals surface area contributed by atoms with Crippen molar-refractivity contribution in [1.82, 2.24) is 0 Å². The Balaban J connectivity index is 1.75. The van der Waals surface area contributed by atoms with Gasteiger partial charge in [0, 0.05) is 25.6 Å². The van der Waals surface area contributed by atoms with E-state index in [0.717, 1.165) is 62.0 Å². The van der Waals surface area contributed by atoms with Gasteiger partial charge in [0.2, 0.25) is 0 Å². The first-order chi connectivity index (χ1) is 12.0. The van der Waals surface area contributed by atoms with Crippen LogP contribution in [0.25, 0.3) is 0 Å². The molecule has 0 bridgehead atoms. The van der Waals surface area contributed by atoms with Crippen LogP contribution in [-0.4, -0.2) is 24.8 Å². The van der Waals surface area contributed by atoms with E-state index >= 15 is 0 Å². The molecule has 0 spiro atoms. The summed E-state index contributed by atoms with van der Waals surface area (Å²) in [5.74, 6) is 0.353. The number of aryl methyl sites for hydroxylation is 3. The number of rotatable bonds is 5. The van der Waals surface area contributed by atoms with Gasteiger partial charge in [-0.25, -0.2) is 0 Å². The van der Waals surface area contributed by atoms with Crippen molar-refractivity contribution in [3.8, 4) is 0 Å². The molecule has 2 fully saturated rings. The molecule has 3 heteroatoms. The lowest BCUT2D eigenvalue weighted by atomic mass is 9.84. The Morgan fingerprint density at radius 2 is 1.80 bits per heavy atom. The Hall–Kier alpha value is -1.48. The molecule has 1 aliphatic carbocycles. The van der Waals surface area contributed by atoms with Crippen LogP contribution in [0.15, 0.2) is 12.1 Å². The third-order valence-electron chi connectivity index (χ3n) is 6.01. The second-order valence-electron chi connectivity index (χ2n) is 7.84. The highest BCUT2D eigenvalue weighted by Crippen LogP contribution is 2.39. The van der Waals surface area contributed by atoms with Gasteiger partial charge in [-0.3, -0.25) is 9.59 Å². The van der Waals surface area contributed by atoms with Gasteiger partial charge >= 0.3 is 0 Å². The lowest BCUT2D eigenvalue weighted by Crippen LogP contribution is -2.20. The summed E-state index contributed by atoms with van der Waals surface area (Å²) in [6.07, 6.45) is 5.39. The summed E-state index contributed by atoms with van der Waals surface area (Å²) in [6.45, 7) is 7.90. The zero-order valence-electron chi connectivity index (χ0n) is 15.8.